The fourth-order valence-electron chi connectivity index (χ4n) is 3.03. The molecule has 5 nitrogen and oxygen atoms in total. The number of aliphatic hydroxyl groups excluding tert-OH is 1. The number of nitrogens with zero attached hydrogens (tertiary/aromatic N) is 1. The molecule has 0 saturated heterocycles. The second-order valence-electron chi connectivity index (χ2n) is 5.87. The maximum atomic E-state index is 12.4. The topological polar surface area (TPSA) is 69.6 Å². The number of nitrogens with one attached hydrogen (secondary N) is 1. The molecule has 1 heterocycles. The first-order valence-corrected chi connectivity index (χ1v) is 7.97. The van der Waals surface area contributed by atoms with E-state index in [1.54, 1.807) is 17.9 Å². The zero-order valence-electron chi connectivity index (χ0n) is 13.6. The second kappa shape index (κ2) is 6.84. The van der Waals surface area contributed by atoms with E-state index in [1.807, 2.05) is 36.4 Å². The molecule has 0 aliphatic carbocycles. The number of carbonyl (C=O) groups excluding carboxylic acids is 2. The lowest BCUT2D eigenvalue weighted by Crippen LogP contribution is -2.26. The van der Waals surface area contributed by atoms with Crippen LogP contribution >= 0.6 is 0 Å². The van der Waals surface area contributed by atoms with Crippen molar-refractivity contribution in [3.8, 4) is 0 Å². The molecule has 0 spiro atoms. The number of anilines is 1. The van der Waals surface area contributed by atoms with Gasteiger partial charge >= 0.3 is 0 Å². The zero-order valence-corrected chi connectivity index (χ0v) is 13.6. The lowest BCUT2D eigenvalue weighted by atomic mass is 10.1. The number of aliphatic hydroxyl groups is 1. The quantitative estimate of drug-likeness (QED) is 0.904. The summed E-state index contributed by atoms with van der Waals surface area (Å²) in [6, 6.07) is 12.9. The molecular weight excluding hydrogens is 304 g/mol. The van der Waals surface area contributed by atoms with Gasteiger partial charge in [0, 0.05) is 31.3 Å². The Balaban J connectivity index is 1.71. The minimum Gasteiger partial charge on any atom is -0.392 e. The fourth-order valence-corrected chi connectivity index (χ4v) is 3.03. The van der Waals surface area contributed by atoms with Crippen molar-refractivity contribution in [2.24, 2.45) is 0 Å². The number of fused-ring (bicyclic) bond motifs is 1. The average molecular weight is 324 g/mol. The second-order valence-corrected chi connectivity index (χ2v) is 5.87. The van der Waals surface area contributed by atoms with Crippen molar-refractivity contribution in [1.82, 2.24) is 5.32 Å². The zero-order chi connectivity index (χ0) is 17.1. The Morgan fingerprint density at radius 3 is 2.62 bits per heavy atom. The monoisotopic (exact) mass is 324 g/mol. The highest BCUT2D eigenvalue weighted by Crippen LogP contribution is 2.28. The minimum absolute atomic E-state index is 0.0200. The van der Waals surface area contributed by atoms with Crippen LogP contribution in [0.4, 0.5) is 5.69 Å². The van der Waals surface area contributed by atoms with Crippen molar-refractivity contribution in [1.29, 1.82) is 0 Å². The summed E-state index contributed by atoms with van der Waals surface area (Å²) in [5.74, 6) is -0.140. The first-order valence-electron chi connectivity index (χ1n) is 7.97. The SMILES string of the molecule is CC(=O)N1CCc2cc(C(=O)NCc3ccccc3CO)ccc21. The van der Waals surface area contributed by atoms with Crippen LogP contribution in [0.3, 0.4) is 0 Å². The van der Waals surface area contributed by atoms with Gasteiger partial charge < -0.3 is 15.3 Å². The highest BCUT2D eigenvalue weighted by molar-refractivity contribution is 5.97. The molecule has 2 aromatic rings. The molecule has 24 heavy (non-hydrogen) atoms. The summed E-state index contributed by atoms with van der Waals surface area (Å²) < 4.78 is 0. The van der Waals surface area contributed by atoms with E-state index in [0.29, 0.717) is 18.7 Å². The van der Waals surface area contributed by atoms with Crippen LogP contribution in [-0.4, -0.2) is 23.5 Å². The van der Waals surface area contributed by atoms with Crippen molar-refractivity contribution in [3.63, 3.8) is 0 Å². The maximum absolute atomic E-state index is 12.4. The molecule has 0 aromatic heterocycles. The minimum atomic E-state index is -0.160. The van der Waals surface area contributed by atoms with E-state index >= 15 is 0 Å². The molecule has 0 bridgehead atoms. The van der Waals surface area contributed by atoms with Crippen LogP contribution in [0.25, 0.3) is 0 Å². The third kappa shape index (κ3) is 3.16. The molecule has 1 aliphatic rings. The van der Waals surface area contributed by atoms with Crippen LogP contribution in [0.5, 0.6) is 0 Å². The third-order valence-corrected chi connectivity index (χ3v) is 4.35. The van der Waals surface area contributed by atoms with Gasteiger partial charge in [0.05, 0.1) is 6.61 Å². The van der Waals surface area contributed by atoms with Crippen molar-refractivity contribution < 1.29 is 14.7 Å². The van der Waals surface area contributed by atoms with Crippen LogP contribution in [0, 0.1) is 0 Å². The number of amides is 2. The molecule has 0 radical (unpaired) electrons. The Hall–Kier alpha value is -2.66. The van der Waals surface area contributed by atoms with Crippen molar-refractivity contribution in [2.45, 2.75) is 26.5 Å². The molecule has 2 amide bonds. The molecule has 0 fully saturated rings. The summed E-state index contributed by atoms with van der Waals surface area (Å²) in [5, 5.41) is 12.2. The molecule has 124 valence electrons. The molecule has 2 aromatic carbocycles. The summed E-state index contributed by atoms with van der Waals surface area (Å²) in [5.41, 5.74) is 4.21. The van der Waals surface area contributed by atoms with Crippen LogP contribution in [0.1, 0.15) is 34.0 Å². The van der Waals surface area contributed by atoms with Gasteiger partial charge in [-0.3, -0.25) is 9.59 Å². The summed E-state index contributed by atoms with van der Waals surface area (Å²) in [7, 11) is 0. The van der Waals surface area contributed by atoms with Gasteiger partial charge in [-0.1, -0.05) is 24.3 Å². The molecule has 0 saturated carbocycles. The van der Waals surface area contributed by atoms with Gasteiger partial charge in [-0.05, 0) is 41.3 Å². The number of carbonyl (C=O) groups is 2. The fraction of sp³-hybridized carbons (Fsp3) is 0.263. The van der Waals surface area contributed by atoms with E-state index in [1.165, 1.54) is 0 Å². The molecule has 1 aliphatic heterocycles. The van der Waals surface area contributed by atoms with E-state index in [2.05, 4.69) is 5.32 Å². The summed E-state index contributed by atoms with van der Waals surface area (Å²) in [4.78, 5) is 25.7. The van der Waals surface area contributed by atoms with E-state index < -0.39 is 0 Å². The normalized spacial score (nSPS) is 12.8. The third-order valence-electron chi connectivity index (χ3n) is 4.35. The van der Waals surface area contributed by atoms with Gasteiger partial charge in [-0.2, -0.15) is 0 Å². The molecule has 0 atom stereocenters. The number of rotatable bonds is 4. The highest BCUT2D eigenvalue weighted by atomic mass is 16.3. The Bertz CT molecular complexity index is 786. The number of benzene rings is 2. The first kappa shape index (κ1) is 16.2. The van der Waals surface area contributed by atoms with Crippen LogP contribution in [-0.2, 0) is 24.4 Å². The standard InChI is InChI=1S/C19H20N2O3/c1-13(23)21-9-8-14-10-15(6-7-18(14)21)19(24)20-11-16-4-2-3-5-17(16)12-22/h2-7,10,22H,8-9,11-12H2,1H3,(H,20,24). The highest BCUT2D eigenvalue weighted by Gasteiger charge is 2.23. The molecule has 5 heteroatoms. The van der Waals surface area contributed by atoms with Crippen molar-refractivity contribution >= 4 is 17.5 Å². The Labute approximate surface area is 140 Å². The average Bonchev–Trinajstić information content (AvgIpc) is 3.03. The van der Waals surface area contributed by atoms with E-state index in [9.17, 15) is 14.7 Å². The van der Waals surface area contributed by atoms with E-state index in [0.717, 1.165) is 28.8 Å². The van der Waals surface area contributed by atoms with Crippen LogP contribution in [0.15, 0.2) is 42.5 Å². The van der Waals surface area contributed by atoms with Gasteiger partial charge in [0.25, 0.3) is 5.91 Å². The predicted molar refractivity (Wildman–Crippen MR) is 91.7 cm³/mol. The lowest BCUT2D eigenvalue weighted by molar-refractivity contribution is -0.116. The van der Waals surface area contributed by atoms with E-state index in [4.69, 9.17) is 0 Å². The van der Waals surface area contributed by atoms with Gasteiger partial charge in [0.15, 0.2) is 0 Å². The summed E-state index contributed by atoms with van der Waals surface area (Å²) >= 11 is 0. The van der Waals surface area contributed by atoms with Gasteiger partial charge in [0.1, 0.15) is 0 Å². The largest absolute Gasteiger partial charge is 0.392 e. The maximum Gasteiger partial charge on any atom is 0.251 e. The molecule has 0 unspecified atom stereocenters. The van der Waals surface area contributed by atoms with Crippen molar-refractivity contribution in [3.05, 3.63) is 64.7 Å². The molecule has 3 rings (SSSR count). The Morgan fingerprint density at radius 1 is 1.17 bits per heavy atom. The molecule has 2 N–H and O–H groups in total. The lowest BCUT2D eigenvalue weighted by Gasteiger charge is -2.15. The summed E-state index contributed by atoms with van der Waals surface area (Å²) in [6.45, 7) is 2.53. The number of hydrogen-bond donors (Lipinski definition) is 2. The Morgan fingerprint density at radius 2 is 1.92 bits per heavy atom. The Kier molecular flexibility index (Phi) is 4.62. The van der Waals surface area contributed by atoms with Crippen molar-refractivity contribution in [2.75, 3.05) is 11.4 Å². The van der Waals surface area contributed by atoms with Crippen LogP contribution in [0.2, 0.25) is 0 Å². The predicted octanol–water partition coefficient (Wildman–Crippen LogP) is 2.02. The van der Waals surface area contributed by atoms with Gasteiger partial charge in [-0.15, -0.1) is 0 Å². The van der Waals surface area contributed by atoms with Crippen LogP contribution < -0.4 is 10.2 Å². The van der Waals surface area contributed by atoms with E-state index in [-0.39, 0.29) is 18.4 Å². The smallest absolute Gasteiger partial charge is 0.251 e. The van der Waals surface area contributed by atoms with Gasteiger partial charge in [0.2, 0.25) is 5.91 Å². The van der Waals surface area contributed by atoms with Gasteiger partial charge in [-0.25, -0.2) is 0 Å². The first-order chi connectivity index (χ1) is 11.6. The molecular formula is C19H20N2O3. The number of hydrogen-bond acceptors (Lipinski definition) is 3. The summed E-state index contributed by atoms with van der Waals surface area (Å²) in [6.07, 6.45) is 0.767.